The molecule has 1 aliphatic rings. The summed E-state index contributed by atoms with van der Waals surface area (Å²) < 4.78 is 2.08. The molecule has 2 aromatic carbocycles. The molecule has 1 fully saturated rings. The Morgan fingerprint density at radius 1 is 1.11 bits per heavy atom. The molecule has 0 atom stereocenters. The fourth-order valence-electron chi connectivity index (χ4n) is 5.09. The number of H-pyrrole nitrogens is 1. The monoisotopic (exact) mass is 502 g/mol. The van der Waals surface area contributed by atoms with Crippen LogP contribution in [0.1, 0.15) is 73.6 Å². The van der Waals surface area contributed by atoms with Crippen molar-refractivity contribution in [2.24, 2.45) is 0 Å². The Kier molecular flexibility index (Phi) is 6.96. The highest BCUT2D eigenvalue weighted by atomic mass is 32.2. The first-order chi connectivity index (χ1) is 17.4. The lowest BCUT2D eigenvalue weighted by atomic mass is 9.88. The predicted octanol–water partition coefficient (Wildman–Crippen LogP) is 6.08. The Balaban J connectivity index is 1.56. The highest BCUT2D eigenvalue weighted by molar-refractivity contribution is 8.00. The van der Waals surface area contributed by atoms with Crippen LogP contribution < -0.4 is 5.56 Å². The van der Waals surface area contributed by atoms with Gasteiger partial charge in [0.2, 0.25) is 0 Å². The van der Waals surface area contributed by atoms with Crippen LogP contribution in [0.5, 0.6) is 0 Å². The molecule has 1 saturated carbocycles. The summed E-state index contributed by atoms with van der Waals surface area (Å²) in [6, 6.07) is 14.9. The third kappa shape index (κ3) is 4.82. The molecule has 4 aromatic rings. The molecule has 36 heavy (non-hydrogen) atoms. The average Bonchev–Trinajstić information content (AvgIpc) is 3.27. The molecule has 0 unspecified atom stereocenters. The first kappa shape index (κ1) is 24.3. The minimum absolute atomic E-state index is 0.223. The van der Waals surface area contributed by atoms with E-state index in [0.29, 0.717) is 34.3 Å². The number of fused-ring (bicyclic) bond motifs is 1. The topological polar surface area (TPSA) is 101 Å². The molecule has 0 amide bonds. The number of carbonyl (C=O) groups is 1. The zero-order chi connectivity index (χ0) is 25.2. The number of hydrogen-bond donors (Lipinski definition) is 2. The van der Waals surface area contributed by atoms with Crippen molar-refractivity contribution in [3.63, 3.8) is 0 Å². The third-order valence-corrected chi connectivity index (χ3v) is 7.73. The minimum Gasteiger partial charge on any atom is -0.478 e. The molecule has 2 N–H and O–H groups in total. The molecule has 7 nitrogen and oxygen atoms in total. The highest BCUT2D eigenvalue weighted by Crippen LogP contribution is 2.36. The normalized spacial score (nSPS) is 14.5. The Hall–Kier alpha value is -3.39. The van der Waals surface area contributed by atoms with Gasteiger partial charge in [0.15, 0.2) is 0 Å². The molecule has 0 saturated heterocycles. The summed E-state index contributed by atoms with van der Waals surface area (Å²) in [4.78, 5) is 29.7. The van der Waals surface area contributed by atoms with Crippen LogP contribution in [0, 0.1) is 0 Å². The number of nitrogens with zero attached hydrogens (tertiary/aromatic N) is 3. The number of rotatable bonds is 7. The molecular weight excluding hydrogens is 472 g/mol. The molecule has 2 aromatic heterocycles. The SMILES string of the molecule is CC(C)Sc1n[nH]c(=O)c2c1nc(C1CCCCC1)n2Cc1ccc(-c2ccccc2C(=O)O)cc1. The maximum atomic E-state index is 13.0. The van der Waals surface area contributed by atoms with Crippen molar-refractivity contribution >= 4 is 28.8 Å². The van der Waals surface area contributed by atoms with E-state index in [-0.39, 0.29) is 11.1 Å². The lowest BCUT2D eigenvalue weighted by molar-refractivity contribution is 0.0697. The second-order valence-electron chi connectivity index (χ2n) is 9.66. The Labute approximate surface area is 214 Å². The van der Waals surface area contributed by atoms with Crippen molar-refractivity contribution in [1.29, 1.82) is 0 Å². The number of thioether (sulfide) groups is 1. The van der Waals surface area contributed by atoms with E-state index in [0.717, 1.165) is 34.8 Å². The van der Waals surface area contributed by atoms with Gasteiger partial charge in [0.05, 0.1) is 5.56 Å². The number of aromatic carboxylic acids is 1. The zero-order valence-electron chi connectivity index (χ0n) is 20.5. The lowest BCUT2D eigenvalue weighted by Crippen LogP contribution is -2.17. The lowest BCUT2D eigenvalue weighted by Gasteiger charge is -2.22. The highest BCUT2D eigenvalue weighted by Gasteiger charge is 2.26. The summed E-state index contributed by atoms with van der Waals surface area (Å²) in [6.45, 7) is 4.72. The van der Waals surface area contributed by atoms with Crippen molar-refractivity contribution in [2.45, 2.75) is 68.7 Å². The van der Waals surface area contributed by atoms with Crippen LogP contribution in [-0.4, -0.2) is 36.1 Å². The van der Waals surface area contributed by atoms with Gasteiger partial charge in [-0.1, -0.05) is 87.3 Å². The van der Waals surface area contributed by atoms with Gasteiger partial charge in [-0.05, 0) is 35.6 Å². The maximum Gasteiger partial charge on any atom is 0.336 e. The van der Waals surface area contributed by atoms with E-state index in [4.69, 9.17) is 4.98 Å². The van der Waals surface area contributed by atoms with E-state index < -0.39 is 5.97 Å². The van der Waals surface area contributed by atoms with Crippen molar-refractivity contribution in [3.05, 3.63) is 75.8 Å². The van der Waals surface area contributed by atoms with E-state index in [2.05, 4.69) is 28.6 Å². The van der Waals surface area contributed by atoms with E-state index in [1.165, 1.54) is 19.3 Å². The zero-order valence-corrected chi connectivity index (χ0v) is 21.3. The van der Waals surface area contributed by atoms with Gasteiger partial charge in [-0.2, -0.15) is 5.10 Å². The van der Waals surface area contributed by atoms with E-state index in [1.54, 1.807) is 23.9 Å². The largest absolute Gasteiger partial charge is 0.478 e. The van der Waals surface area contributed by atoms with E-state index in [1.807, 2.05) is 36.4 Å². The van der Waals surface area contributed by atoms with Gasteiger partial charge in [0.1, 0.15) is 21.9 Å². The number of carboxylic acids is 1. The number of nitrogens with one attached hydrogen (secondary N) is 1. The van der Waals surface area contributed by atoms with Crippen LogP contribution in [-0.2, 0) is 6.54 Å². The predicted molar refractivity (Wildman–Crippen MR) is 143 cm³/mol. The van der Waals surface area contributed by atoms with Crippen LogP contribution in [0.25, 0.3) is 22.2 Å². The van der Waals surface area contributed by atoms with Gasteiger partial charge in [-0.3, -0.25) is 4.79 Å². The van der Waals surface area contributed by atoms with Gasteiger partial charge >= 0.3 is 5.97 Å². The van der Waals surface area contributed by atoms with Crippen LogP contribution in [0.15, 0.2) is 58.4 Å². The number of carboxylic acid groups (broad SMARTS) is 1. The van der Waals surface area contributed by atoms with E-state index in [9.17, 15) is 14.7 Å². The maximum absolute atomic E-state index is 13.0. The number of benzene rings is 2. The van der Waals surface area contributed by atoms with Crippen LogP contribution in [0.3, 0.4) is 0 Å². The quantitative estimate of drug-likeness (QED) is 0.297. The van der Waals surface area contributed by atoms with Crippen molar-refractivity contribution in [1.82, 2.24) is 19.7 Å². The van der Waals surface area contributed by atoms with Crippen LogP contribution >= 0.6 is 11.8 Å². The second kappa shape index (κ2) is 10.3. The van der Waals surface area contributed by atoms with Crippen molar-refractivity contribution < 1.29 is 9.90 Å². The summed E-state index contributed by atoms with van der Waals surface area (Å²) in [5, 5.41) is 17.7. The van der Waals surface area contributed by atoms with Gasteiger partial charge in [-0.25, -0.2) is 14.9 Å². The average molecular weight is 503 g/mol. The van der Waals surface area contributed by atoms with Gasteiger partial charge in [0.25, 0.3) is 5.56 Å². The minimum atomic E-state index is -0.945. The van der Waals surface area contributed by atoms with Gasteiger partial charge in [0, 0.05) is 17.7 Å². The molecular formula is C28H30N4O3S. The molecule has 0 bridgehead atoms. The van der Waals surface area contributed by atoms with Crippen LogP contribution in [0.2, 0.25) is 0 Å². The summed E-state index contributed by atoms with van der Waals surface area (Å²) in [6.07, 6.45) is 5.74. The molecule has 5 rings (SSSR count). The van der Waals surface area contributed by atoms with Gasteiger partial charge in [-0.15, -0.1) is 0 Å². The standard InChI is InChI=1S/C28H30N4O3S/c1-17(2)36-27-23-24(26(33)30-31-27)32(25(29-23)20-8-4-3-5-9-20)16-18-12-14-19(15-13-18)21-10-6-7-11-22(21)28(34)35/h6-7,10-15,17,20H,3-5,8-9,16H2,1-2H3,(H,30,33)(H,34,35). The fourth-order valence-corrected chi connectivity index (χ4v) is 5.89. The molecule has 1 aliphatic carbocycles. The first-order valence-corrected chi connectivity index (χ1v) is 13.4. The molecule has 186 valence electrons. The molecule has 0 aliphatic heterocycles. The molecule has 0 radical (unpaired) electrons. The molecule has 0 spiro atoms. The summed E-state index contributed by atoms with van der Waals surface area (Å²) >= 11 is 1.61. The first-order valence-electron chi connectivity index (χ1n) is 12.5. The number of imidazole rings is 1. The Bertz CT molecular complexity index is 1450. The van der Waals surface area contributed by atoms with Crippen molar-refractivity contribution in [2.75, 3.05) is 0 Å². The summed E-state index contributed by atoms with van der Waals surface area (Å²) in [7, 11) is 0. The number of aromatic nitrogens is 4. The molecule has 8 heteroatoms. The smallest absolute Gasteiger partial charge is 0.336 e. The van der Waals surface area contributed by atoms with E-state index >= 15 is 0 Å². The molecule has 2 heterocycles. The Morgan fingerprint density at radius 2 is 1.83 bits per heavy atom. The Morgan fingerprint density at radius 3 is 2.53 bits per heavy atom. The van der Waals surface area contributed by atoms with Crippen LogP contribution in [0.4, 0.5) is 0 Å². The number of hydrogen-bond acceptors (Lipinski definition) is 5. The van der Waals surface area contributed by atoms with Gasteiger partial charge < -0.3 is 9.67 Å². The summed E-state index contributed by atoms with van der Waals surface area (Å²) in [5.74, 6) is 0.345. The third-order valence-electron chi connectivity index (χ3n) is 6.75. The van der Waals surface area contributed by atoms with Crippen molar-refractivity contribution in [3.8, 4) is 11.1 Å². The number of aromatic amines is 1. The summed E-state index contributed by atoms with van der Waals surface area (Å²) in [5.41, 5.74) is 3.87. The fraction of sp³-hybridized carbons (Fsp3) is 0.357. The second-order valence-corrected chi connectivity index (χ2v) is 11.2.